The number of anilines is 2. The Hall–Kier alpha value is -2.75. The zero-order valence-electron chi connectivity index (χ0n) is 20.5. The summed E-state index contributed by atoms with van der Waals surface area (Å²) in [6.45, 7) is 10.5. The average molecular weight is 469 g/mol. The van der Waals surface area contributed by atoms with Crippen molar-refractivity contribution in [2.75, 3.05) is 63.3 Å². The smallest absolute Gasteiger partial charge is 0.319 e. The molecule has 9 nitrogen and oxygen atoms in total. The lowest BCUT2D eigenvalue weighted by Crippen LogP contribution is -2.45. The van der Waals surface area contributed by atoms with Crippen LogP contribution in [-0.4, -0.2) is 80.1 Å². The van der Waals surface area contributed by atoms with E-state index in [1.165, 1.54) is 5.56 Å². The number of hydrogen-bond acceptors (Lipinski definition) is 7. The summed E-state index contributed by atoms with van der Waals surface area (Å²) in [6.07, 6.45) is 1.95. The highest BCUT2D eigenvalue weighted by molar-refractivity contribution is 5.89. The fourth-order valence-corrected chi connectivity index (χ4v) is 4.54. The lowest BCUT2D eigenvalue weighted by molar-refractivity contribution is 0.0983. The molecule has 2 N–H and O–H groups in total. The number of aromatic nitrogens is 2. The molecule has 0 spiro atoms. The molecule has 2 aliphatic rings. The van der Waals surface area contributed by atoms with Gasteiger partial charge in [0.15, 0.2) is 5.82 Å². The fourth-order valence-electron chi connectivity index (χ4n) is 4.54. The fraction of sp³-hybridized carbons (Fsp3) is 0.560. The lowest BCUT2D eigenvalue weighted by Gasteiger charge is -2.37. The summed E-state index contributed by atoms with van der Waals surface area (Å²) < 4.78 is 10.9. The second kappa shape index (κ2) is 11.6. The van der Waals surface area contributed by atoms with Gasteiger partial charge in [0, 0.05) is 63.3 Å². The van der Waals surface area contributed by atoms with Crippen molar-refractivity contribution < 1.29 is 14.3 Å². The van der Waals surface area contributed by atoms with Crippen LogP contribution in [0.25, 0.3) is 11.4 Å². The molecular formula is C25H36N6O3. The summed E-state index contributed by atoms with van der Waals surface area (Å²) in [7, 11) is 1.75. The number of rotatable bonds is 8. The lowest BCUT2D eigenvalue weighted by atomic mass is 10.0. The van der Waals surface area contributed by atoms with E-state index in [4.69, 9.17) is 19.4 Å². The number of urea groups is 1. The second-order valence-electron chi connectivity index (χ2n) is 8.85. The van der Waals surface area contributed by atoms with Crippen LogP contribution >= 0.6 is 0 Å². The van der Waals surface area contributed by atoms with Crippen molar-refractivity contribution in [1.29, 1.82) is 0 Å². The van der Waals surface area contributed by atoms with Crippen molar-refractivity contribution in [1.82, 2.24) is 20.2 Å². The van der Waals surface area contributed by atoms with E-state index in [-0.39, 0.29) is 12.1 Å². The number of amides is 2. The summed E-state index contributed by atoms with van der Waals surface area (Å²) in [6, 6.07) is 7.77. The highest BCUT2D eigenvalue weighted by Crippen LogP contribution is 2.31. The molecule has 184 valence electrons. The minimum Gasteiger partial charge on any atom is -0.385 e. The molecular weight excluding hydrogens is 432 g/mol. The largest absolute Gasteiger partial charge is 0.385 e. The number of nitrogens with zero attached hydrogens (tertiary/aromatic N) is 4. The molecule has 0 aliphatic carbocycles. The van der Waals surface area contributed by atoms with Crippen molar-refractivity contribution >= 4 is 17.5 Å². The first-order chi connectivity index (χ1) is 16.6. The third-order valence-electron chi connectivity index (χ3n) is 6.32. The Kier molecular flexibility index (Phi) is 8.31. The van der Waals surface area contributed by atoms with E-state index in [1.54, 1.807) is 7.11 Å². The van der Waals surface area contributed by atoms with Gasteiger partial charge in [0.05, 0.1) is 24.9 Å². The van der Waals surface area contributed by atoms with E-state index in [9.17, 15) is 4.79 Å². The van der Waals surface area contributed by atoms with Crippen LogP contribution in [0.1, 0.15) is 31.5 Å². The van der Waals surface area contributed by atoms with Gasteiger partial charge in [-0.2, -0.15) is 0 Å². The molecule has 3 heterocycles. The SMILES string of the molecule is CCNC(=O)Nc1ccc(-c2nc3c(c(N4CCOCC4C)n2)CCN(CCCOC)C3)cc1. The summed E-state index contributed by atoms with van der Waals surface area (Å²) in [4.78, 5) is 26.7. The van der Waals surface area contributed by atoms with E-state index in [2.05, 4.69) is 27.4 Å². The van der Waals surface area contributed by atoms with Gasteiger partial charge in [0.1, 0.15) is 5.82 Å². The Morgan fingerprint density at radius 3 is 2.79 bits per heavy atom. The normalized spacial score (nSPS) is 18.4. The Balaban J connectivity index is 1.63. The van der Waals surface area contributed by atoms with Crippen molar-refractivity contribution in [3.63, 3.8) is 0 Å². The Morgan fingerprint density at radius 2 is 2.06 bits per heavy atom. The molecule has 34 heavy (non-hydrogen) atoms. The molecule has 1 atom stereocenters. The quantitative estimate of drug-likeness (QED) is 0.576. The number of nitrogens with one attached hydrogen (secondary N) is 2. The van der Waals surface area contributed by atoms with Gasteiger partial charge >= 0.3 is 6.03 Å². The van der Waals surface area contributed by atoms with E-state index in [0.717, 1.165) is 74.2 Å². The van der Waals surface area contributed by atoms with E-state index in [0.29, 0.717) is 19.8 Å². The number of fused-ring (bicyclic) bond motifs is 1. The molecule has 2 aromatic rings. The highest BCUT2D eigenvalue weighted by Gasteiger charge is 2.28. The van der Waals surface area contributed by atoms with Crippen molar-refractivity contribution in [2.45, 2.75) is 39.3 Å². The first kappa shape index (κ1) is 24.4. The first-order valence-electron chi connectivity index (χ1n) is 12.2. The molecule has 2 amide bonds. The number of carbonyl (C=O) groups excluding carboxylic acids is 1. The molecule has 2 aliphatic heterocycles. The van der Waals surface area contributed by atoms with Crippen molar-refractivity contribution in [2.24, 2.45) is 0 Å². The molecule has 1 saturated heterocycles. The van der Waals surface area contributed by atoms with Crippen LogP contribution in [0.3, 0.4) is 0 Å². The number of morpholine rings is 1. The number of carbonyl (C=O) groups is 1. The minimum atomic E-state index is -0.211. The van der Waals surface area contributed by atoms with Gasteiger partial charge in [0.2, 0.25) is 0 Å². The van der Waals surface area contributed by atoms with Gasteiger partial charge < -0.3 is 25.0 Å². The Labute approximate surface area is 201 Å². The van der Waals surface area contributed by atoms with Gasteiger partial charge in [-0.15, -0.1) is 0 Å². The number of benzene rings is 1. The van der Waals surface area contributed by atoms with E-state index >= 15 is 0 Å². The minimum absolute atomic E-state index is 0.211. The monoisotopic (exact) mass is 468 g/mol. The molecule has 1 fully saturated rings. The van der Waals surface area contributed by atoms with Crippen LogP contribution in [0.15, 0.2) is 24.3 Å². The van der Waals surface area contributed by atoms with Crippen LogP contribution < -0.4 is 15.5 Å². The molecule has 1 aromatic carbocycles. The van der Waals surface area contributed by atoms with Crippen molar-refractivity contribution in [3.8, 4) is 11.4 Å². The van der Waals surface area contributed by atoms with Crippen LogP contribution in [-0.2, 0) is 22.4 Å². The third-order valence-corrected chi connectivity index (χ3v) is 6.32. The summed E-state index contributed by atoms with van der Waals surface area (Å²) in [5.74, 6) is 1.76. The molecule has 4 rings (SSSR count). The van der Waals surface area contributed by atoms with Crippen LogP contribution in [0.2, 0.25) is 0 Å². The standard InChI is InChI=1S/C25H36N6O3/c1-4-26-25(32)27-20-8-6-19(7-9-20)23-28-22-16-30(11-5-14-33-3)12-10-21(22)24(29-23)31-13-15-34-17-18(31)2/h6-9,18H,4-5,10-17H2,1-3H3,(H2,26,27,32). The zero-order valence-corrected chi connectivity index (χ0v) is 20.5. The molecule has 1 unspecified atom stereocenters. The van der Waals surface area contributed by atoms with E-state index in [1.807, 2.05) is 31.2 Å². The maximum Gasteiger partial charge on any atom is 0.319 e. The van der Waals surface area contributed by atoms with Crippen LogP contribution in [0.5, 0.6) is 0 Å². The molecule has 0 bridgehead atoms. The van der Waals surface area contributed by atoms with Crippen molar-refractivity contribution in [3.05, 3.63) is 35.5 Å². The first-order valence-corrected chi connectivity index (χ1v) is 12.2. The molecule has 0 radical (unpaired) electrons. The van der Waals surface area contributed by atoms with Gasteiger partial charge in [-0.05, 0) is 51.0 Å². The predicted molar refractivity (Wildman–Crippen MR) is 133 cm³/mol. The summed E-state index contributed by atoms with van der Waals surface area (Å²) in [5.41, 5.74) is 4.03. The molecule has 0 saturated carbocycles. The number of ether oxygens (including phenoxy) is 2. The molecule has 1 aromatic heterocycles. The number of hydrogen-bond donors (Lipinski definition) is 2. The Bertz CT molecular complexity index is 968. The maximum absolute atomic E-state index is 11.8. The van der Waals surface area contributed by atoms with Gasteiger partial charge in [-0.3, -0.25) is 4.90 Å². The van der Waals surface area contributed by atoms with Gasteiger partial charge in [-0.25, -0.2) is 14.8 Å². The zero-order chi connectivity index (χ0) is 23.9. The second-order valence-corrected chi connectivity index (χ2v) is 8.85. The maximum atomic E-state index is 11.8. The van der Waals surface area contributed by atoms with Gasteiger partial charge in [0.25, 0.3) is 0 Å². The Morgan fingerprint density at radius 1 is 1.24 bits per heavy atom. The summed E-state index contributed by atoms with van der Waals surface area (Å²) >= 11 is 0. The predicted octanol–water partition coefficient (Wildman–Crippen LogP) is 2.90. The highest BCUT2D eigenvalue weighted by atomic mass is 16.5. The van der Waals surface area contributed by atoms with E-state index < -0.39 is 0 Å². The van der Waals surface area contributed by atoms with Crippen LogP contribution in [0, 0.1) is 0 Å². The third kappa shape index (κ3) is 5.84. The van der Waals surface area contributed by atoms with Gasteiger partial charge in [-0.1, -0.05) is 0 Å². The topological polar surface area (TPSA) is 91.9 Å². The summed E-state index contributed by atoms with van der Waals surface area (Å²) in [5, 5.41) is 5.58. The molecule has 9 heteroatoms. The average Bonchev–Trinajstić information content (AvgIpc) is 2.84. The van der Waals surface area contributed by atoms with Crippen LogP contribution in [0.4, 0.5) is 16.3 Å². The number of methoxy groups -OCH3 is 1.